The molecule has 1 N–H and O–H groups in total. The van der Waals surface area contributed by atoms with E-state index in [0.29, 0.717) is 13.2 Å². The molecule has 2 rings (SSSR count). The van der Waals surface area contributed by atoms with Crippen LogP contribution < -0.4 is 0 Å². The number of nitro groups is 1. The van der Waals surface area contributed by atoms with Gasteiger partial charge in [-0.25, -0.2) is 0 Å². The minimum absolute atomic E-state index is 0.113. The van der Waals surface area contributed by atoms with Crippen molar-refractivity contribution in [3.63, 3.8) is 0 Å². The maximum Gasteiger partial charge on any atom is 0.225 e. The third-order valence-electron chi connectivity index (χ3n) is 4.38. The first-order valence-corrected chi connectivity index (χ1v) is 8.10. The zero-order valence-corrected chi connectivity index (χ0v) is 13.4. The fourth-order valence-electron chi connectivity index (χ4n) is 3.18. The van der Waals surface area contributed by atoms with Crippen LogP contribution in [0.4, 0.5) is 0 Å². The predicted octanol–water partition coefficient (Wildman–Crippen LogP) is 3.48. The van der Waals surface area contributed by atoms with Gasteiger partial charge in [-0.2, -0.15) is 0 Å². The SMILES string of the molecule is CCCCCC(c1cc[nH]c1)C(CC1(C)OCCO1)[N+](=O)[O-]. The predicted molar refractivity (Wildman–Crippen MR) is 83.4 cm³/mol. The van der Waals surface area contributed by atoms with Crippen molar-refractivity contribution >= 4 is 0 Å². The zero-order chi connectivity index (χ0) is 16.0. The average molecular weight is 310 g/mol. The second kappa shape index (κ2) is 7.74. The molecule has 2 unspecified atom stereocenters. The molecule has 0 aromatic carbocycles. The minimum Gasteiger partial charge on any atom is -0.367 e. The minimum atomic E-state index is -0.836. The summed E-state index contributed by atoms with van der Waals surface area (Å²) in [6, 6.07) is 1.24. The van der Waals surface area contributed by atoms with Crippen LogP contribution in [0.1, 0.15) is 57.4 Å². The molecule has 6 nitrogen and oxygen atoms in total. The van der Waals surface area contributed by atoms with Gasteiger partial charge in [0.2, 0.25) is 6.04 Å². The molecule has 0 bridgehead atoms. The van der Waals surface area contributed by atoms with E-state index in [4.69, 9.17) is 9.47 Å². The van der Waals surface area contributed by atoms with Gasteiger partial charge < -0.3 is 14.5 Å². The molecule has 2 heterocycles. The third-order valence-corrected chi connectivity index (χ3v) is 4.38. The Morgan fingerprint density at radius 1 is 1.41 bits per heavy atom. The van der Waals surface area contributed by atoms with Gasteiger partial charge in [0, 0.05) is 17.3 Å². The topological polar surface area (TPSA) is 77.4 Å². The Labute approximate surface area is 131 Å². The highest BCUT2D eigenvalue weighted by atomic mass is 16.7. The van der Waals surface area contributed by atoms with Crippen molar-refractivity contribution in [2.24, 2.45) is 0 Å². The third kappa shape index (κ3) is 4.30. The zero-order valence-electron chi connectivity index (χ0n) is 13.4. The quantitative estimate of drug-likeness (QED) is 0.430. The highest BCUT2D eigenvalue weighted by molar-refractivity contribution is 5.16. The normalized spacial score (nSPS) is 19.9. The summed E-state index contributed by atoms with van der Waals surface area (Å²) in [6.07, 6.45) is 7.97. The van der Waals surface area contributed by atoms with Crippen LogP contribution >= 0.6 is 0 Å². The van der Waals surface area contributed by atoms with Crippen molar-refractivity contribution in [1.29, 1.82) is 0 Å². The Kier molecular flexibility index (Phi) is 5.97. The molecule has 0 aliphatic carbocycles. The molecular formula is C16H26N2O4. The molecule has 2 atom stereocenters. The number of hydrogen-bond donors (Lipinski definition) is 1. The molecule has 1 aliphatic rings. The summed E-state index contributed by atoms with van der Waals surface area (Å²) in [5, 5.41) is 11.7. The molecule has 6 heteroatoms. The Morgan fingerprint density at radius 3 is 2.68 bits per heavy atom. The van der Waals surface area contributed by atoms with Gasteiger partial charge >= 0.3 is 0 Å². The molecule has 22 heavy (non-hydrogen) atoms. The van der Waals surface area contributed by atoms with E-state index in [9.17, 15) is 10.1 Å². The number of ether oxygens (including phenoxy) is 2. The fourth-order valence-corrected chi connectivity index (χ4v) is 3.18. The van der Waals surface area contributed by atoms with Gasteiger partial charge in [-0.3, -0.25) is 10.1 Å². The van der Waals surface area contributed by atoms with Crippen LogP contribution in [0, 0.1) is 10.1 Å². The van der Waals surface area contributed by atoms with E-state index < -0.39 is 11.8 Å². The van der Waals surface area contributed by atoms with Gasteiger partial charge in [-0.15, -0.1) is 0 Å². The molecule has 1 aromatic rings. The monoisotopic (exact) mass is 310 g/mol. The van der Waals surface area contributed by atoms with Gasteiger partial charge in [0.25, 0.3) is 0 Å². The maximum atomic E-state index is 11.7. The summed E-state index contributed by atoms with van der Waals surface area (Å²) < 4.78 is 11.2. The van der Waals surface area contributed by atoms with Gasteiger partial charge in [0.15, 0.2) is 5.79 Å². The Hall–Kier alpha value is -1.40. The lowest BCUT2D eigenvalue weighted by Crippen LogP contribution is -2.38. The molecule has 1 aliphatic heterocycles. The fraction of sp³-hybridized carbons (Fsp3) is 0.750. The average Bonchev–Trinajstić information content (AvgIpc) is 3.14. The molecule has 0 saturated carbocycles. The van der Waals surface area contributed by atoms with Crippen molar-refractivity contribution in [2.75, 3.05) is 13.2 Å². The number of aromatic amines is 1. The second-order valence-corrected chi connectivity index (χ2v) is 6.13. The van der Waals surface area contributed by atoms with Crippen LogP contribution in [0.2, 0.25) is 0 Å². The Bertz CT molecular complexity index is 455. The van der Waals surface area contributed by atoms with Crippen molar-refractivity contribution in [3.05, 3.63) is 34.1 Å². The van der Waals surface area contributed by atoms with E-state index >= 15 is 0 Å². The van der Waals surface area contributed by atoms with Crippen LogP contribution in [0.15, 0.2) is 18.5 Å². The van der Waals surface area contributed by atoms with Gasteiger partial charge in [0.1, 0.15) is 0 Å². The molecule has 1 saturated heterocycles. The van der Waals surface area contributed by atoms with E-state index in [-0.39, 0.29) is 17.3 Å². The largest absolute Gasteiger partial charge is 0.367 e. The van der Waals surface area contributed by atoms with E-state index in [1.54, 1.807) is 6.92 Å². The summed E-state index contributed by atoms with van der Waals surface area (Å²) in [4.78, 5) is 14.5. The van der Waals surface area contributed by atoms with Crippen LogP contribution in [0.25, 0.3) is 0 Å². The van der Waals surface area contributed by atoms with Crippen LogP contribution in [0.3, 0.4) is 0 Å². The van der Waals surface area contributed by atoms with Crippen molar-refractivity contribution in [3.8, 4) is 0 Å². The summed E-state index contributed by atoms with van der Waals surface area (Å²) >= 11 is 0. The van der Waals surface area contributed by atoms with Gasteiger partial charge in [-0.05, 0) is 25.0 Å². The summed E-state index contributed by atoms with van der Waals surface area (Å²) in [6.45, 7) is 4.95. The number of nitrogens with one attached hydrogen (secondary N) is 1. The smallest absolute Gasteiger partial charge is 0.225 e. The Balaban J connectivity index is 2.14. The van der Waals surface area contributed by atoms with Crippen LogP contribution in [-0.4, -0.2) is 35.0 Å². The lowest BCUT2D eigenvalue weighted by molar-refractivity contribution is -0.534. The second-order valence-electron chi connectivity index (χ2n) is 6.13. The molecule has 1 aromatic heterocycles. The van der Waals surface area contributed by atoms with Gasteiger partial charge in [0.05, 0.1) is 25.6 Å². The van der Waals surface area contributed by atoms with Crippen molar-refractivity contribution < 1.29 is 14.4 Å². The molecule has 1 fully saturated rings. The Morgan fingerprint density at radius 2 is 2.14 bits per heavy atom. The molecule has 124 valence electrons. The lowest BCUT2D eigenvalue weighted by atomic mass is 9.85. The number of nitrogens with zero attached hydrogens (tertiary/aromatic N) is 1. The van der Waals surface area contributed by atoms with E-state index in [1.807, 2.05) is 18.5 Å². The summed E-state index contributed by atoms with van der Waals surface area (Å²) in [5.41, 5.74) is 0.999. The molecular weight excluding hydrogens is 284 g/mol. The molecule has 0 radical (unpaired) electrons. The van der Waals surface area contributed by atoms with Crippen molar-refractivity contribution in [1.82, 2.24) is 4.98 Å². The summed E-state index contributed by atoms with van der Waals surface area (Å²) in [5.74, 6) is -0.950. The highest BCUT2D eigenvalue weighted by Crippen LogP contribution is 2.34. The van der Waals surface area contributed by atoms with E-state index in [1.165, 1.54) is 0 Å². The van der Waals surface area contributed by atoms with Crippen molar-refractivity contribution in [2.45, 2.75) is 63.7 Å². The molecule has 0 spiro atoms. The van der Waals surface area contributed by atoms with Crippen LogP contribution in [-0.2, 0) is 9.47 Å². The first kappa shape index (κ1) is 17.0. The van der Waals surface area contributed by atoms with E-state index in [0.717, 1.165) is 31.2 Å². The first-order valence-electron chi connectivity index (χ1n) is 8.10. The standard InChI is InChI=1S/C16H26N2O4/c1-3-4-5-6-14(13-7-8-17-12-13)15(18(19)20)11-16(2)21-9-10-22-16/h7-8,12,14-15,17H,3-6,9-11H2,1-2H3. The summed E-state index contributed by atoms with van der Waals surface area (Å²) in [7, 11) is 0. The highest BCUT2D eigenvalue weighted by Gasteiger charge is 2.43. The molecule has 0 amide bonds. The number of H-pyrrole nitrogens is 1. The number of rotatable bonds is 9. The van der Waals surface area contributed by atoms with Crippen LogP contribution in [0.5, 0.6) is 0 Å². The first-order chi connectivity index (χ1) is 10.6. The maximum absolute atomic E-state index is 11.7. The number of unbranched alkanes of at least 4 members (excludes halogenated alkanes) is 2. The van der Waals surface area contributed by atoms with Gasteiger partial charge in [-0.1, -0.05) is 26.2 Å². The lowest BCUT2D eigenvalue weighted by Gasteiger charge is -2.28. The van der Waals surface area contributed by atoms with E-state index in [2.05, 4.69) is 11.9 Å². The number of aromatic nitrogens is 1. The number of hydrogen-bond acceptors (Lipinski definition) is 4.